The quantitative estimate of drug-likeness (QED) is 0.246. The van der Waals surface area contributed by atoms with Crippen molar-refractivity contribution < 1.29 is 40.1 Å². The molecule has 0 bridgehead atoms. The molecular weight excluding hydrogens is 360 g/mol. The first kappa shape index (κ1) is 23.0. The molecule has 1 rings (SSSR count). The summed E-state index contributed by atoms with van der Waals surface area (Å²) < 4.78 is 0. The minimum absolute atomic E-state index is 0.0106. The maximum Gasteiger partial charge on any atom is 0.321 e. The lowest BCUT2D eigenvalue weighted by Crippen LogP contribution is -2.49. The van der Waals surface area contributed by atoms with Crippen molar-refractivity contribution in [2.45, 2.75) is 12.5 Å². The van der Waals surface area contributed by atoms with Crippen LogP contribution in [0.5, 0.6) is 0 Å². The maximum absolute atomic E-state index is 11.8. The van der Waals surface area contributed by atoms with Gasteiger partial charge in [0, 0.05) is 26.2 Å². The van der Waals surface area contributed by atoms with Crippen LogP contribution in [0.15, 0.2) is 30.3 Å². The van der Waals surface area contributed by atoms with Crippen LogP contribution in [0.2, 0.25) is 0 Å². The lowest BCUT2D eigenvalue weighted by Gasteiger charge is -2.30. The van der Waals surface area contributed by atoms with Crippen LogP contribution in [-0.4, -0.2) is 94.4 Å². The van der Waals surface area contributed by atoms with Crippen molar-refractivity contribution in [3.63, 3.8) is 0 Å². The van der Waals surface area contributed by atoms with E-state index < -0.39 is 24.5 Å². The second-order valence-electron chi connectivity index (χ2n) is 5.92. The number of benzene rings is 1. The molecule has 0 aliphatic heterocycles. The van der Waals surface area contributed by atoms with E-state index in [0.717, 1.165) is 5.56 Å². The van der Waals surface area contributed by atoms with Gasteiger partial charge in [-0.1, -0.05) is 30.3 Å². The summed E-state index contributed by atoms with van der Waals surface area (Å²) in [6.45, 7) is 0.665. The molecule has 152 valence electrons. The monoisotopic (exact) mass is 386 g/mol. The Bertz CT molecular complexity index is 549. The molecule has 4 N–H and O–H groups in total. The first-order valence-electron chi connectivity index (χ1n) is 8.45. The predicted molar refractivity (Wildman–Crippen MR) is 94.4 cm³/mol. The Hall–Kier alpha value is -2.08. The SMILES string of the molecule is O=C(O)CN(CCN(CCOO)CCOO)C(Cc1ccccc1)C(=O)O. The number of carboxylic acids is 2. The third kappa shape index (κ3) is 9.43. The number of hydrogen-bond acceptors (Lipinski definition) is 8. The minimum atomic E-state index is -1.13. The number of rotatable bonds is 15. The van der Waals surface area contributed by atoms with Gasteiger partial charge in [0.15, 0.2) is 0 Å². The molecule has 1 aromatic carbocycles. The molecule has 10 nitrogen and oxygen atoms in total. The summed E-state index contributed by atoms with van der Waals surface area (Å²) in [7, 11) is 0. The average Bonchev–Trinajstić information content (AvgIpc) is 2.64. The molecule has 10 heteroatoms. The second-order valence-corrected chi connectivity index (χ2v) is 5.92. The Kier molecular flexibility index (Phi) is 11.2. The zero-order valence-electron chi connectivity index (χ0n) is 14.9. The summed E-state index contributed by atoms with van der Waals surface area (Å²) in [6.07, 6.45) is 0.170. The molecule has 0 saturated heterocycles. The van der Waals surface area contributed by atoms with Gasteiger partial charge in [0.05, 0.1) is 19.8 Å². The van der Waals surface area contributed by atoms with Crippen LogP contribution >= 0.6 is 0 Å². The zero-order valence-corrected chi connectivity index (χ0v) is 14.9. The molecule has 0 aliphatic rings. The Morgan fingerprint density at radius 1 is 0.926 bits per heavy atom. The third-order valence-electron chi connectivity index (χ3n) is 4.04. The van der Waals surface area contributed by atoms with E-state index in [1.165, 1.54) is 4.90 Å². The van der Waals surface area contributed by atoms with E-state index >= 15 is 0 Å². The van der Waals surface area contributed by atoms with Gasteiger partial charge in [-0.25, -0.2) is 9.78 Å². The smallest absolute Gasteiger partial charge is 0.321 e. The summed E-state index contributed by atoms with van der Waals surface area (Å²) >= 11 is 0. The van der Waals surface area contributed by atoms with E-state index in [1.807, 2.05) is 6.07 Å². The number of carboxylic acid groups (broad SMARTS) is 2. The van der Waals surface area contributed by atoms with Gasteiger partial charge in [-0.05, 0) is 12.0 Å². The molecule has 0 aliphatic carbocycles. The molecule has 0 fully saturated rings. The van der Waals surface area contributed by atoms with Gasteiger partial charge in [-0.3, -0.25) is 29.9 Å². The number of hydrogen-bond donors (Lipinski definition) is 4. The van der Waals surface area contributed by atoms with E-state index in [4.69, 9.17) is 10.5 Å². The van der Waals surface area contributed by atoms with Crippen LogP contribution < -0.4 is 0 Å². The van der Waals surface area contributed by atoms with Crippen LogP contribution in [0.25, 0.3) is 0 Å². The molecule has 0 radical (unpaired) electrons. The summed E-state index contributed by atoms with van der Waals surface area (Å²) in [4.78, 5) is 34.2. The van der Waals surface area contributed by atoms with Gasteiger partial charge in [0.25, 0.3) is 0 Å². The number of nitrogens with zero attached hydrogens (tertiary/aromatic N) is 2. The molecule has 1 aromatic rings. The standard InChI is InChI=1S/C17H26N2O8/c20-16(21)13-19(7-6-18(8-10-26-24)9-11-27-25)15(17(22)23)12-14-4-2-1-3-5-14/h1-5,15,24-25H,6-13H2,(H,20,21)(H,22,23). The van der Waals surface area contributed by atoms with Crippen LogP contribution in [0.4, 0.5) is 0 Å². The Labute approximate surface area is 157 Å². The van der Waals surface area contributed by atoms with Crippen molar-refractivity contribution >= 4 is 11.9 Å². The first-order chi connectivity index (χ1) is 13.0. The fourth-order valence-electron chi connectivity index (χ4n) is 2.67. The van der Waals surface area contributed by atoms with Crippen LogP contribution in [-0.2, 0) is 25.8 Å². The van der Waals surface area contributed by atoms with Gasteiger partial charge in [0.1, 0.15) is 6.04 Å². The average molecular weight is 386 g/mol. The van der Waals surface area contributed by atoms with Crippen molar-refractivity contribution in [3.8, 4) is 0 Å². The number of aliphatic carboxylic acids is 2. The molecule has 27 heavy (non-hydrogen) atoms. The highest BCUT2D eigenvalue weighted by molar-refractivity contribution is 5.76. The summed E-state index contributed by atoms with van der Waals surface area (Å²) in [5.41, 5.74) is 0.791. The van der Waals surface area contributed by atoms with E-state index in [9.17, 15) is 19.8 Å². The van der Waals surface area contributed by atoms with Crippen LogP contribution in [0.3, 0.4) is 0 Å². The Morgan fingerprint density at radius 2 is 1.52 bits per heavy atom. The topological polar surface area (TPSA) is 140 Å². The Balaban J connectivity index is 2.82. The van der Waals surface area contributed by atoms with Crippen molar-refractivity contribution in [1.82, 2.24) is 9.80 Å². The largest absolute Gasteiger partial charge is 0.480 e. The lowest BCUT2D eigenvalue weighted by molar-refractivity contribution is -0.251. The molecular formula is C17H26N2O8. The van der Waals surface area contributed by atoms with Crippen molar-refractivity contribution in [2.24, 2.45) is 0 Å². The molecule has 0 aromatic heterocycles. The summed E-state index contributed by atoms with van der Waals surface area (Å²) in [5.74, 6) is -2.23. The van der Waals surface area contributed by atoms with Gasteiger partial charge in [-0.15, -0.1) is 0 Å². The highest BCUT2D eigenvalue weighted by Gasteiger charge is 2.27. The highest BCUT2D eigenvalue weighted by Crippen LogP contribution is 2.10. The van der Waals surface area contributed by atoms with Gasteiger partial charge < -0.3 is 10.2 Å². The van der Waals surface area contributed by atoms with E-state index in [0.29, 0.717) is 19.6 Å². The predicted octanol–water partition coefficient (Wildman–Crippen LogP) is 0.350. The Morgan fingerprint density at radius 3 is 2.00 bits per heavy atom. The molecule has 0 spiro atoms. The third-order valence-corrected chi connectivity index (χ3v) is 4.04. The van der Waals surface area contributed by atoms with Crippen molar-refractivity contribution in [2.75, 3.05) is 45.9 Å². The van der Waals surface area contributed by atoms with Gasteiger partial charge in [-0.2, -0.15) is 0 Å². The highest BCUT2D eigenvalue weighted by atomic mass is 17.1. The minimum Gasteiger partial charge on any atom is -0.480 e. The van der Waals surface area contributed by atoms with E-state index in [-0.39, 0.29) is 26.2 Å². The molecule has 1 atom stereocenters. The fourth-order valence-corrected chi connectivity index (χ4v) is 2.67. The summed E-state index contributed by atoms with van der Waals surface area (Å²) in [5, 5.41) is 35.8. The maximum atomic E-state index is 11.8. The molecule has 0 amide bonds. The van der Waals surface area contributed by atoms with Crippen molar-refractivity contribution in [1.29, 1.82) is 0 Å². The van der Waals surface area contributed by atoms with Crippen molar-refractivity contribution in [3.05, 3.63) is 35.9 Å². The van der Waals surface area contributed by atoms with E-state index in [2.05, 4.69) is 9.78 Å². The van der Waals surface area contributed by atoms with Gasteiger partial charge >= 0.3 is 11.9 Å². The van der Waals surface area contributed by atoms with E-state index in [1.54, 1.807) is 29.2 Å². The lowest BCUT2D eigenvalue weighted by atomic mass is 10.0. The molecule has 1 unspecified atom stereocenters. The fraction of sp³-hybridized carbons (Fsp3) is 0.529. The zero-order chi connectivity index (χ0) is 20.1. The summed E-state index contributed by atoms with van der Waals surface area (Å²) in [6, 6.07) is 7.98. The molecule has 0 heterocycles. The second kappa shape index (κ2) is 13.1. The molecule has 0 saturated carbocycles. The van der Waals surface area contributed by atoms with Crippen LogP contribution in [0, 0.1) is 0 Å². The first-order valence-corrected chi connectivity index (χ1v) is 8.45. The van der Waals surface area contributed by atoms with Gasteiger partial charge in [0.2, 0.25) is 0 Å². The normalized spacial score (nSPS) is 12.4. The van der Waals surface area contributed by atoms with Crippen LogP contribution in [0.1, 0.15) is 5.56 Å². The number of carbonyl (C=O) groups is 2.